The van der Waals surface area contributed by atoms with Crippen LogP contribution in [-0.4, -0.2) is 22.1 Å². The Morgan fingerprint density at radius 3 is 2.42 bits per heavy atom. The lowest BCUT2D eigenvalue weighted by atomic mass is 10.1. The van der Waals surface area contributed by atoms with E-state index in [9.17, 15) is 4.79 Å². The van der Waals surface area contributed by atoms with E-state index in [4.69, 9.17) is 4.74 Å². The van der Waals surface area contributed by atoms with Gasteiger partial charge in [0.15, 0.2) is 6.61 Å². The molecule has 1 aromatic heterocycles. The number of rotatable bonds is 6. The van der Waals surface area contributed by atoms with Crippen LogP contribution in [0.5, 0.6) is 5.75 Å². The number of hydrogen-bond acceptors (Lipinski definition) is 3. The van der Waals surface area contributed by atoms with Crippen molar-refractivity contribution in [3.05, 3.63) is 84.4 Å². The Labute approximate surface area is 140 Å². The van der Waals surface area contributed by atoms with Gasteiger partial charge in [0, 0.05) is 19.4 Å². The first-order chi connectivity index (χ1) is 11.7. The highest BCUT2D eigenvalue weighted by Crippen LogP contribution is 2.20. The molecule has 0 aliphatic carbocycles. The second kappa shape index (κ2) is 7.46. The van der Waals surface area contributed by atoms with Gasteiger partial charge in [-0.05, 0) is 17.7 Å². The highest BCUT2D eigenvalue weighted by molar-refractivity contribution is 5.78. The van der Waals surface area contributed by atoms with Crippen molar-refractivity contribution >= 4 is 5.91 Å². The number of nitrogens with one attached hydrogen (secondary N) is 1. The van der Waals surface area contributed by atoms with E-state index in [2.05, 4.69) is 10.3 Å². The van der Waals surface area contributed by atoms with Gasteiger partial charge in [0.05, 0.1) is 0 Å². The van der Waals surface area contributed by atoms with Crippen LogP contribution in [0, 0.1) is 0 Å². The smallest absolute Gasteiger partial charge is 0.258 e. The number of nitrogens with zero attached hydrogens (tertiary/aromatic N) is 2. The first-order valence-corrected chi connectivity index (χ1v) is 7.73. The number of aryl methyl sites for hydroxylation is 1. The highest BCUT2D eigenvalue weighted by Gasteiger charge is 2.20. The van der Waals surface area contributed by atoms with Gasteiger partial charge in [0.25, 0.3) is 5.91 Å². The fraction of sp³-hybridized carbons (Fsp3) is 0.158. The minimum absolute atomic E-state index is 0.0439. The average Bonchev–Trinajstić information content (AvgIpc) is 3.05. The van der Waals surface area contributed by atoms with Gasteiger partial charge < -0.3 is 14.6 Å². The zero-order valence-corrected chi connectivity index (χ0v) is 13.4. The van der Waals surface area contributed by atoms with Crippen LogP contribution in [0.25, 0.3) is 0 Å². The lowest BCUT2D eigenvalue weighted by Crippen LogP contribution is -2.34. The summed E-state index contributed by atoms with van der Waals surface area (Å²) in [5.74, 6) is 1.24. The van der Waals surface area contributed by atoms with E-state index in [0.717, 1.165) is 11.4 Å². The van der Waals surface area contributed by atoms with Crippen molar-refractivity contribution in [2.45, 2.75) is 6.04 Å². The topological polar surface area (TPSA) is 56.2 Å². The molecule has 0 radical (unpaired) electrons. The second-order valence-corrected chi connectivity index (χ2v) is 5.41. The largest absolute Gasteiger partial charge is 0.484 e. The van der Waals surface area contributed by atoms with E-state index in [1.165, 1.54) is 0 Å². The van der Waals surface area contributed by atoms with Crippen molar-refractivity contribution in [2.24, 2.45) is 7.05 Å². The van der Waals surface area contributed by atoms with Crippen LogP contribution in [0.1, 0.15) is 17.4 Å². The summed E-state index contributed by atoms with van der Waals surface area (Å²) in [5.41, 5.74) is 0.972. The van der Waals surface area contributed by atoms with E-state index in [1.807, 2.05) is 78.5 Å². The van der Waals surface area contributed by atoms with Crippen molar-refractivity contribution in [3.8, 4) is 5.75 Å². The lowest BCUT2D eigenvalue weighted by Gasteiger charge is -2.19. The fourth-order valence-corrected chi connectivity index (χ4v) is 2.47. The van der Waals surface area contributed by atoms with Gasteiger partial charge in [-0.1, -0.05) is 48.5 Å². The molecule has 0 unspecified atom stereocenters. The molecular formula is C19H19N3O2. The zero-order chi connectivity index (χ0) is 16.8. The van der Waals surface area contributed by atoms with E-state index in [1.54, 1.807) is 6.20 Å². The Bertz CT molecular complexity index is 785. The fourth-order valence-electron chi connectivity index (χ4n) is 2.47. The third kappa shape index (κ3) is 3.81. The SMILES string of the molecule is Cn1ccnc1[C@H](NC(=O)COc1ccccc1)c1ccccc1. The van der Waals surface area contributed by atoms with Crippen LogP contribution in [0.4, 0.5) is 0 Å². The summed E-state index contributed by atoms with van der Waals surface area (Å²) in [6.07, 6.45) is 3.58. The van der Waals surface area contributed by atoms with E-state index >= 15 is 0 Å². The van der Waals surface area contributed by atoms with E-state index in [0.29, 0.717) is 5.75 Å². The van der Waals surface area contributed by atoms with Crippen LogP contribution in [0.2, 0.25) is 0 Å². The molecule has 24 heavy (non-hydrogen) atoms. The molecule has 1 amide bonds. The number of carbonyl (C=O) groups excluding carboxylic acids is 1. The summed E-state index contributed by atoms with van der Waals surface area (Å²) in [5, 5.41) is 3.00. The normalized spacial score (nSPS) is 11.7. The molecule has 0 fully saturated rings. The minimum atomic E-state index is -0.321. The maximum absolute atomic E-state index is 12.3. The molecule has 0 aliphatic heterocycles. The third-order valence-electron chi connectivity index (χ3n) is 3.67. The Hall–Kier alpha value is -3.08. The van der Waals surface area contributed by atoms with Crippen LogP contribution < -0.4 is 10.1 Å². The quantitative estimate of drug-likeness (QED) is 0.759. The number of amides is 1. The Kier molecular flexibility index (Phi) is 4.91. The zero-order valence-electron chi connectivity index (χ0n) is 13.4. The molecule has 0 saturated heterocycles. The highest BCUT2D eigenvalue weighted by atomic mass is 16.5. The first-order valence-electron chi connectivity index (χ1n) is 7.73. The van der Waals surface area contributed by atoms with Crippen LogP contribution in [0.3, 0.4) is 0 Å². The molecule has 0 saturated carbocycles. The monoisotopic (exact) mass is 321 g/mol. The molecule has 0 bridgehead atoms. The number of para-hydroxylation sites is 1. The van der Waals surface area contributed by atoms with Crippen molar-refractivity contribution < 1.29 is 9.53 Å². The van der Waals surface area contributed by atoms with E-state index in [-0.39, 0.29) is 18.6 Å². The van der Waals surface area contributed by atoms with Crippen molar-refractivity contribution in [2.75, 3.05) is 6.61 Å². The number of aromatic nitrogens is 2. The van der Waals surface area contributed by atoms with Gasteiger partial charge in [-0.25, -0.2) is 4.98 Å². The number of imidazole rings is 1. The molecule has 0 spiro atoms. The predicted octanol–water partition coefficient (Wildman–Crippen LogP) is 2.70. The Balaban J connectivity index is 1.72. The van der Waals surface area contributed by atoms with Gasteiger partial charge in [-0.3, -0.25) is 4.79 Å². The van der Waals surface area contributed by atoms with Crippen molar-refractivity contribution in [1.82, 2.24) is 14.9 Å². The second-order valence-electron chi connectivity index (χ2n) is 5.41. The van der Waals surface area contributed by atoms with Gasteiger partial charge >= 0.3 is 0 Å². The molecular weight excluding hydrogens is 302 g/mol. The van der Waals surface area contributed by atoms with Gasteiger partial charge in [-0.2, -0.15) is 0 Å². The summed E-state index contributed by atoms with van der Waals surface area (Å²) in [4.78, 5) is 16.7. The molecule has 1 N–H and O–H groups in total. The summed E-state index contributed by atoms with van der Waals surface area (Å²) < 4.78 is 7.41. The third-order valence-corrected chi connectivity index (χ3v) is 3.67. The number of benzene rings is 2. The van der Waals surface area contributed by atoms with Gasteiger partial charge in [-0.15, -0.1) is 0 Å². The maximum Gasteiger partial charge on any atom is 0.258 e. The first kappa shape index (κ1) is 15.8. The predicted molar refractivity (Wildman–Crippen MR) is 91.6 cm³/mol. The lowest BCUT2D eigenvalue weighted by molar-refractivity contribution is -0.123. The molecule has 3 rings (SSSR count). The number of ether oxygens (including phenoxy) is 1. The Morgan fingerprint density at radius 1 is 1.12 bits per heavy atom. The number of hydrogen-bond donors (Lipinski definition) is 1. The van der Waals surface area contributed by atoms with E-state index < -0.39 is 0 Å². The van der Waals surface area contributed by atoms with Crippen molar-refractivity contribution in [3.63, 3.8) is 0 Å². The van der Waals surface area contributed by atoms with Crippen LogP contribution >= 0.6 is 0 Å². The van der Waals surface area contributed by atoms with Gasteiger partial charge in [0.1, 0.15) is 17.6 Å². The molecule has 1 atom stereocenters. The molecule has 0 aliphatic rings. The summed E-state index contributed by atoms with van der Waals surface area (Å²) in [6, 6.07) is 18.7. The molecule has 122 valence electrons. The van der Waals surface area contributed by atoms with Crippen LogP contribution in [0.15, 0.2) is 73.1 Å². The molecule has 1 heterocycles. The summed E-state index contributed by atoms with van der Waals surface area (Å²) >= 11 is 0. The van der Waals surface area contributed by atoms with Gasteiger partial charge in [0.2, 0.25) is 0 Å². The van der Waals surface area contributed by atoms with Crippen LogP contribution in [-0.2, 0) is 11.8 Å². The van der Waals surface area contributed by atoms with Crippen molar-refractivity contribution in [1.29, 1.82) is 0 Å². The average molecular weight is 321 g/mol. The number of carbonyl (C=O) groups is 1. The maximum atomic E-state index is 12.3. The molecule has 2 aromatic carbocycles. The Morgan fingerprint density at radius 2 is 1.79 bits per heavy atom. The molecule has 3 aromatic rings. The standard InChI is InChI=1S/C19H19N3O2/c1-22-13-12-20-19(22)18(15-8-4-2-5-9-15)21-17(23)14-24-16-10-6-3-7-11-16/h2-13,18H,14H2,1H3,(H,21,23)/t18-/m1/s1. The summed E-state index contributed by atoms with van der Waals surface area (Å²) in [7, 11) is 1.91. The minimum Gasteiger partial charge on any atom is -0.484 e. The summed E-state index contributed by atoms with van der Waals surface area (Å²) in [6.45, 7) is -0.0439. The molecule has 5 heteroatoms. The molecule has 5 nitrogen and oxygen atoms in total.